The van der Waals surface area contributed by atoms with Crippen LogP contribution in [-0.2, 0) is 7.05 Å². The SMILES string of the molecule is Cn1nc(-c2ccc(F)cc2)cc1C(=O)N1CCCC(n2cnc3ccccc3c2=O)C1. The predicted molar refractivity (Wildman–Crippen MR) is 119 cm³/mol. The monoisotopic (exact) mass is 431 g/mol. The first-order valence-electron chi connectivity index (χ1n) is 10.6. The Bertz CT molecular complexity index is 1360. The highest BCUT2D eigenvalue weighted by Gasteiger charge is 2.28. The first kappa shape index (κ1) is 20.1. The van der Waals surface area contributed by atoms with Crippen LogP contribution in [0.3, 0.4) is 0 Å². The van der Waals surface area contributed by atoms with Crippen LogP contribution in [0.5, 0.6) is 0 Å². The molecule has 2 aromatic heterocycles. The molecule has 1 aliphatic heterocycles. The molecule has 0 N–H and O–H groups in total. The summed E-state index contributed by atoms with van der Waals surface area (Å²) in [7, 11) is 1.72. The zero-order chi connectivity index (χ0) is 22.2. The summed E-state index contributed by atoms with van der Waals surface area (Å²) in [6.45, 7) is 1.04. The van der Waals surface area contributed by atoms with E-state index >= 15 is 0 Å². The highest BCUT2D eigenvalue weighted by atomic mass is 19.1. The van der Waals surface area contributed by atoms with Crippen molar-refractivity contribution < 1.29 is 9.18 Å². The lowest BCUT2D eigenvalue weighted by Crippen LogP contribution is -2.43. The van der Waals surface area contributed by atoms with Crippen LogP contribution >= 0.6 is 0 Å². The van der Waals surface area contributed by atoms with Gasteiger partial charge < -0.3 is 4.90 Å². The third-order valence-electron chi connectivity index (χ3n) is 6.01. The number of hydrogen-bond donors (Lipinski definition) is 0. The maximum atomic E-state index is 13.3. The molecule has 1 fully saturated rings. The molecule has 3 heterocycles. The minimum atomic E-state index is -0.321. The van der Waals surface area contributed by atoms with Crippen molar-refractivity contribution in [2.45, 2.75) is 18.9 Å². The molecule has 0 spiro atoms. The number of fused-ring (bicyclic) bond motifs is 1. The van der Waals surface area contributed by atoms with Crippen molar-refractivity contribution in [3.8, 4) is 11.3 Å². The number of para-hydroxylation sites is 1. The van der Waals surface area contributed by atoms with Gasteiger partial charge in [0.15, 0.2) is 0 Å². The molecule has 1 atom stereocenters. The van der Waals surface area contributed by atoms with Gasteiger partial charge >= 0.3 is 0 Å². The molecule has 1 amide bonds. The second-order valence-electron chi connectivity index (χ2n) is 8.07. The zero-order valence-corrected chi connectivity index (χ0v) is 17.6. The lowest BCUT2D eigenvalue weighted by atomic mass is 10.0. The van der Waals surface area contributed by atoms with E-state index < -0.39 is 0 Å². The van der Waals surface area contributed by atoms with Crippen LogP contribution in [0.4, 0.5) is 4.39 Å². The van der Waals surface area contributed by atoms with E-state index in [0.29, 0.717) is 35.4 Å². The van der Waals surface area contributed by atoms with E-state index in [2.05, 4.69) is 10.1 Å². The van der Waals surface area contributed by atoms with E-state index in [0.717, 1.165) is 18.4 Å². The summed E-state index contributed by atoms with van der Waals surface area (Å²) in [4.78, 5) is 32.5. The molecular weight excluding hydrogens is 409 g/mol. The van der Waals surface area contributed by atoms with E-state index in [-0.39, 0.29) is 23.3 Å². The predicted octanol–water partition coefficient (Wildman–Crippen LogP) is 3.41. The molecule has 0 radical (unpaired) electrons. The minimum Gasteiger partial charge on any atom is -0.335 e. The summed E-state index contributed by atoms with van der Waals surface area (Å²) in [6.07, 6.45) is 3.17. The van der Waals surface area contributed by atoms with Crippen molar-refractivity contribution >= 4 is 16.8 Å². The van der Waals surface area contributed by atoms with Crippen molar-refractivity contribution in [2.75, 3.05) is 13.1 Å². The van der Waals surface area contributed by atoms with Gasteiger partial charge in [0.2, 0.25) is 0 Å². The molecule has 0 bridgehead atoms. The number of nitrogens with zero attached hydrogens (tertiary/aromatic N) is 5. The van der Waals surface area contributed by atoms with Crippen LogP contribution in [-0.4, -0.2) is 43.2 Å². The van der Waals surface area contributed by atoms with Crippen LogP contribution in [0.15, 0.2) is 65.7 Å². The molecule has 2 aromatic carbocycles. The largest absolute Gasteiger partial charge is 0.335 e. The van der Waals surface area contributed by atoms with E-state index in [1.54, 1.807) is 51.8 Å². The normalized spacial score (nSPS) is 16.4. The quantitative estimate of drug-likeness (QED) is 0.498. The van der Waals surface area contributed by atoms with Crippen molar-refractivity contribution in [3.05, 3.63) is 82.8 Å². The first-order valence-corrected chi connectivity index (χ1v) is 10.6. The summed E-state index contributed by atoms with van der Waals surface area (Å²) in [5.74, 6) is -0.460. The highest BCUT2D eigenvalue weighted by Crippen LogP contribution is 2.24. The fraction of sp³-hybridized carbons (Fsp3) is 0.250. The number of aryl methyl sites for hydroxylation is 1. The summed E-state index contributed by atoms with van der Waals surface area (Å²) >= 11 is 0. The topological polar surface area (TPSA) is 73.0 Å². The summed E-state index contributed by atoms with van der Waals surface area (Å²) in [5, 5.41) is 5.01. The van der Waals surface area contributed by atoms with Gasteiger partial charge in [-0.05, 0) is 55.3 Å². The van der Waals surface area contributed by atoms with E-state index in [1.807, 2.05) is 18.2 Å². The van der Waals surface area contributed by atoms with Gasteiger partial charge in [-0.2, -0.15) is 5.10 Å². The number of piperidine rings is 1. The number of halogens is 1. The number of hydrogen-bond acceptors (Lipinski definition) is 4. The van der Waals surface area contributed by atoms with Gasteiger partial charge in [-0.3, -0.25) is 18.8 Å². The molecule has 32 heavy (non-hydrogen) atoms. The molecule has 1 unspecified atom stereocenters. The number of aromatic nitrogens is 4. The molecular formula is C24H22FN5O2. The lowest BCUT2D eigenvalue weighted by molar-refractivity contribution is 0.0666. The van der Waals surface area contributed by atoms with Gasteiger partial charge in [0, 0.05) is 25.7 Å². The smallest absolute Gasteiger partial charge is 0.272 e. The average Bonchev–Trinajstić information content (AvgIpc) is 3.21. The molecule has 7 nitrogen and oxygen atoms in total. The van der Waals surface area contributed by atoms with Gasteiger partial charge in [-0.1, -0.05) is 12.1 Å². The third kappa shape index (κ3) is 3.57. The molecule has 8 heteroatoms. The van der Waals surface area contributed by atoms with Gasteiger partial charge in [-0.25, -0.2) is 9.37 Å². The maximum Gasteiger partial charge on any atom is 0.272 e. The zero-order valence-electron chi connectivity index (χ0n) is 17.6. The van der Waals surface area contributed by atoms with E-state index in [9.17, 15) is 14.0 Å². The Kier molecular flexibility index (Phi) is 5.05. The van der Waals surface area contributed by atoms with Gasteiger partial charge in [0.1, 0.15) is 11.5 Å². The fourth-order valence-electron chi connectivity index (χ4n) is 4.30. The van der Waals surface area contributed by atoms with E-state index in [1.165, 1.54) is 12.1 Å². The first-order chi connectivity index (χ1) is 15.5. The molecule has 1 saturated heterocycles. The van der Waals surface area contributed by atoms with E-state index in [4.69, 9.17) is 0 Å². The molecule has 0 aliphatic carbocycles. The Balaban J connectivity index is 1.40. The van der Waals surface area contributed by atoms with Crippen LogP contribution in [0.2, 0.25) is 0 Å². The molecule has 162 valence electrons. The number of rotatable bonds is 3. The van der Waals surface area contributed by atoms with Gasteiger partial charge in [0.25, 0.3) is 11.5 Å². The Labute approximate surface area is 183 Å². The third-order valence-corrected chi connectivity index (χ3v) is 6.01. The van der Waals surface area contributed by atoms with Crippen molar-refractivity contribution in [1.82, 2.24) is 24.2 Å². The van der Waals surface area contributed by atoms with Crippen molar-refractivity contribution in [3.63, 3.8) is 0 Å². The highest BCUT2D eigenvalue weighted by molar-refractivity contribution is 5.93. The van der Waals surface area contributed by atoms with Crippen LogP contribution in [0.25, 0.3) is 22.2 Å². The number of benzene rings is 2. The van der Waals surface area contributed by atoms with Crippen molar-refractivity contribution in [1.29, 1.82) is 0 Å². The number of carbonyl (C=O) groups excluding carboxylic acids is 1. The van der Waals surface area contributed by atoms with Crippen LogP contribution < -0.4 is 5.56 Å². The minimum absolute atomic E-state index is 0.0889. The number of amides is 1. The summed E-state index contributed by atoms with van der Waals surface area (Å²) in [6, 6.07) is 14.9. The standard InChI is InChI=1S/C24H22FN5O2/c1-28-22(13-21(27-28)16-8-10-17(25)11-9-16)24(32)29-12-4-5-18(14-29)30-15-26-20-7-3-2-6-19(20)23(30)31/h2-3,6-11,13,15,18H,4-5,12,14H2,1H3. The van der Waals surface area contributed by atoms with Crippen LogP contribution in [0.1, 0.15) is 29.4 Å². The summed E-state index contributed by atoms with van der Waals surface area (Å²) < 4.78 is 16.4. The number of carbonyl (C=O) groups is 1. The van der Waals surface area contributed by atoms with Crippen molar-refractivity contribution in [2.24, 2.45) is 7.05 Å². The Morgan fingerprint density at radius 1 is 1.12 bits per heavy atom. The van der Waals surface area contributed by atoms with Crippen LogP contribution in [0, 0.1) is 5.82 Å². The lowest BCUT2D eigenvalue weighted by Gasteiger charge is -2.33. The Morgan fingerprint density at radius 3 is 2.72 bits per heavy atom. The molecule has 5 rings (SSSR count). The second kappa shape index (κ2) is 8.03. The molecule has 0 saturated carbocycles. The summed E-state index contributed by atoms with van der Waals surface area (Å²) in [5.41, 5.74) is 2.38. The maximum absolute atomic E-state index is 13.3. The van der Waals surface area contributed by atoms with Gasteiger partial charge in [-0.15, -0.1) is 0 Å². The molecule has 1 aliphatic rings. The average molecular weight is 431 g/mol. The Morgan fingerprint density at radius 2 is 1.91 bits per heavy atom. The number of likely N-dealkylation sites (tertiary alicyclic amines) is 1. The fourth-order valence-corrected chi connectivity index (χ4v) is 4.30. The molecule has 4 aromatic rings. The second-order valence-corrected chi connectivity index (χ2v) is 8.07. The van der Waals surface area contributed by atoms with Gasteiger partial charge in [0.05, 0.1) is 29.0 Å². The Hall–Kier alpha value is -3.81.